The third-order valence-corrected chi connectivity index (χ3v) is 3.12. The first kappa shape index (κ1) is 7.94. The molecule has 0 fully saturated rings. The van der Waals surface area contributed by atoms with Crippen molar-refractivity contribution in [3.8, 4) is 0 Å². The summed E-state index contributed by atoms with van der Waals surface area (Å²) in [6.45, 7) is 0. The molecule has 0 bridgehead atoms. The van der Waals surface area contributed by atoms with Crippen LogP contribution in [0.5, 0.6) is 0 Å². The molecule has 2 heterocycles. The summed E-state index contributed by atoms with van der Waals surface area (Å²) >= 11 is 1.72. The second-order valence-corrected chi connectivity index (χ2v) is 3.96. The van der Waals surface area contributed by atoms with Crippen LogP contribution in [-0.2, 0) is 0 Å². The zero-order valence-electron chi connectivity index (χ0n) is 7.34. The zero-order chi connectivity index (χ0) is 9.38. The Labute approximate surface area is 85.0 Å². The summed E-state index contributed by atoms with van der Waals surface area (Å²) in [6.07, 6.45) is 5.62. The Kier molecular flexibility index (Phi) is 1.73. The van der Waals surface area contributed by atoms with Crippen LogP contribution in [0.2, 0.25) is 0 Å². The van der Waals surface area contributed by atoms with E-state index in [0.717, 1.165) is 27.0 Å². The minimum absolute atomic E-state index is 0.800. The monoisotopic (exact) mass is 201 g/mol. The van der Waals surface area contributed by atoms with Gasteiger partial charge in [-0.25, -0.2) is 0 Å². The van der Waals surface area contributed by atoms with E-state index in [1.807, 2.05) is 24.3 Å². The maximum atomic E-state index is 4.36. The number of thioether (sulfide) groups is 1. The largest absolute Gasteiger partial charge is 0.273 e. The van der Waals surface area contributed by atoms with Gasteiger partial charge < -0.3 is 0 Å². The number of fused-ring (bicyclic) bond motifs is 3. The third-order valence-electron chi connectivity index (χ3n) is 2.17. The van der Waals surface area contributed by atoms with Gasteiger partial charge in [0.15, 0.2) is 0 Å². The minimum atomic E-state index is 0.800. The first-order chi connectivity index (χ1) is 6.95. The van der Waals surface area contributed by atoms with E-state index in [1.54, 1.807) is 18.0 Å². The van der Waals surface area contributed by atoms with Crippen molar-refractivity contribution in [2.45, 2.75) is 4.90 Å². The molecule has 0 aliphatic carbocycles. The summed E-state index contributed by atoms with van der Waals surface area (Å²) in [5.74, 6) is 0.800. The zero-order valence-corrected chi connectivity index (χ0v) is 8.16. The van der Waals surface area contributed by atoms with Gasteiger partial charge in [0.1, 0.15) is 5.69 Å². The summed E-state index contributed by atoms with van der Waals surface area (Å²) in [7, 11) is 0. The van der Waals surface area contributed by atoms with Gasteiger partial charge in [0.05, 0.1) is 16.1 Å². The number of nitrogens with zero attached hydrogens (tertiary/aromatic N) is 3. The lowest BCUT2D eigenvalue weighted by Gasteiger charge is -1.97. The lowest BCUT2D eigenvalue weighted by molar-refractivity contribution is 1.14. The van der Waals surface area contributed by atoms with Crippen molar-refractivity contribution >= 4 is 23.5 Å². The maximum absolute atomic E-state index is 4.36. The highest BCUT2D eigenvalue weighted by atomic mass is 32.2. The summed E-state index contributed by atoms with van der Waals surface area (Å²) in [6, 6.07) is 4.08. The van der Waals surface area contributed by atoms with Crippen LogP contribution in [0.3, 0.4) is 0 Å². The standard InChI is InChI=1S/C10H7N3S/c1-2-7-3-4-8-10(14-6-11-8)9(7)13-12-5-1/h1-5H,6H2. The fourth-order valence-electron chi connectivity index (χ4n) is 1.52. The van der Waals surface area contributed by atoms with Gasteiger partial charge in [-0.1, -0.05) is 23.9 Å². The van der Waals surface area contributed by atoms with E-state index in [9.17, 15) is 0 Å². The fourth-order valence-corrected chi connectivity index (χ4v) is 2.43. The molecule has 0 amide bonds. The van der Waals surface area contributed by atoms with Gasteiger partial charge in [0.2, 0.25) is 0 Å². The van der Waals surface area contributed by atoms with Crippen LogP contribution < -0.4 is 10.6 Å². The number of benzene rings is 1. The van der Waals surface area contributed by atoms with Crippen molar-refractivity contribution in [1.82, 2.24) is 0 Å². The molecule has 3 nitrogen and oxygen atoms in total. The topological polar surface area (TPSA) is 37.1 Å². The summed E-state index contributed by atoms with van der Waals surface area (Å²) < 4.78 is 0. The maximum Gasteiger partial charge on any atom is 0.109 e. The van der Waals surface area contributed by atoms with E-state index < -0.39 is 0 Å². The molecule has 0 aromatic heterocycles. The predicted octanol–water partition coefficient (Wildman–Crippen LogP) is 1.76. The Balaban J connectivity index is 2.42. The normalized spacial score (nSPS) is 16.6. The quantitative estimate of drug-likeness (QED) is 0.630. The molecule has 0 atom stereocenters. The molecule has 0 spiro atoms. The smallest absolute Gasteiger partial charge is 0.109 e. The van der Waals surface area contributed by atoms with Gasteiger partial charge >= 0.3 is 0 Å². The van der Waals surface area contributed by atoms with Crippen molar-refractivity contribution in [3.05, 3.63) is 35.0 Å². The highest BCUT2D eigenvalue weighted by Crippen LogP contribution is 2.26. The number of hydrogen-bond donors (Lipinski definition) is 0. The van der Waals surface area contributed by atoms with E-state index in [0.29, 0.717) is 0 Å². The third kappa shape index (κ3) is 1.11. The molecular weight excluding hydrogens is 194 g/mol. The van der Waals surface area contributed by atoms with Crippen LogP contribution in [0.25, 0.3) is 6.08 Å². The van der Waals surface area contributed by atoms with Crippen LogP contribution in [0.15, 0.2) is 44.5 Å². The van der Waals surface area contributed by atoms with Crippen LogP contribution in [0.4, 0.5) is 5.69 Å². The minimum Gasteiger partial charge on any atom is -0.273 e. The summed E-state index contributed by atoms with van der Waals surface area (Å²) in [4.78, 5) is 5.52. The molecule has 2 aliphatic heterocycles. The number of hydrogen-bond acceptors (Lipinski definition) is 4. The van der Waals surface area contributed by atoms with Crippen molar-refractivity contribution in [3.63, 3.8) is 0 Å². The number of azo groups is 1. The van der Waals surface area contributed by atoms with E-state index in [-0.39, 0.29) is 0 Å². The average Bonchev–Trinajstić information content (AvgIpc) is 2.55. The lowest BCUT2D eigenvalue weighted by atomic mass is 10.2. The summed E-state index contributed by atoms with van der Waals surface area (Å²) in [5.41, 5.74) is 0.957. The van der Waals surface area contributed by atoms with Gasteiger partial charge in [0, 0.05) is 11.4 Å². The van der Waals surface area contributed by atoms with Crippen molar-refractivity contribution in [2.75, 3.05) is 5.88 Å². The molecule has 4 heteroatoms. The fraction of sp³-hybridized carbons (Fsp3) is 0.100. The van der Waals surface area contributed by atoms with Gasteiger partial charge in [-0.2, -0.15) is 5.11 Å². The van der Waals surface area contributed by atoms with Gasteiger partial charge in [-0.15, -0.1) is 5.11 Å². The Bertz CT molecular complexity index is 557. The molecule has 0 saturated carbocycles. The van der Waals surface area contributed by atoms with Gasteiger partial charge in [0.25, 0.3) is 0 Å². The van der Waals surface area contributed by atoms with E-state index in [4.69, 9.17) is 0 Å². The van der Waals surface area contributed by atoms with Crippen molar-refractivity contribution < 1.29 is 0 Å². The first-order valence-electron chi connectivity index (χ1n) is 4.33. The molecule has 0 saturated heterocycles. The highest BCUT2D eigenvalue weighted by Gasteiger charge is 2.11. The average molecular weight is 201 g/mol. The first-order valence-corrected chi connectivity index (χ1v) is 5.32. The molecule has 14 heavy (non-hydrogen) atoms. The predicted molar refractivity (Wildman–Crippen MR) is 56.1 cm³/mol. The molecule has 1 aromatic rings. The second-order valence-electron chi connectivity index (χ2n) is 3.01. The van der Waals surface area contributed by atoms with Crippen molar-refractivity contribution in [1.29, 1.82) is 0 Å². The molecule has 0 N–H and O–H groups in total. The molecule has 0 radical (unpaired) electrons. The number of rotatable bonds is 0. The van der Waals surface area contributed by atoms with Crippen LogP contribution in [0, 0.1) is 0 Å². The Hall–Kier alpha value is -1.42. The van der Waals surface area contributed by atoms with Crippen LogP contribution >= 0.6 is 11.8 Å². The second kappa shape index (κ2) is 3.06. The molecule has 68 valence electrons. The SMILES string of the molecule is C1=CN=Nc2c3c(ccc2=C1)=NCS3. The molecule has 3 rings (SSSR count). The Morgan fingerprint density at radius 3 is 3.29 bits per heavy atom. The number of allylic oxidation sites excluding steroid dienone is 1. The molecule has 1 aromatic carbocycles. The van der Waals surface area contributed by atoms with E-state index >= 15 is 0 Å². The lowest BCUT2D eigenvalue weighted by Crippen LogP contribution is -2.09. The van der Waals surface area contributed by atoms with Crippen LogP contribution in [-0.4, -0.2) is 5.88 Å². The highest BCUT2D eigenvalue weighted by molar-refractivity contribution is 7.99. The molecular formula is C10H7N3S. The van der Waals surface area contributed by atoms with Gasteiger partial charge in [-0.3, -0.25) is 4.99 Å². The molecule has 2 aliphatic rings. The molecule has 0 unspecified atom stereocenters. The van der Waals surface area contributed by atoms with E-state index in [2.05, 4.69) is 15.2 Å². The van der Waals surface area contributed by atoms with Crippen LogP contribution in [0.1, 0.15) is 0 Å². The Morgan fingerprint density at radius 2 is 2.29 bits per heavy atom. The van der Waals surface area contributed by atoms with Crippen molar-refractivity contribution in [2.24, 2.45) is 15.2 Å². The Morgan fingerprint density at radius 1 is 1.29 bits per heavy atom. The van der Waals surface area contributed by atoms with E-state index in [1.165, 1.54) is 0 Å². The van der Waals surface area contributed by atoms with Gasteiger partial charge in [-0.05, 0) is 12.1 Å². The summed E-state index contributed by atoms with van der Waals surface area (Å²) in [5, 5.41) is 10.3.